The lowest BCUT2D eigenvalue weighted by Gasteiger charge is -2.43. The zero-order valence-corrected chi connectivity index (χ0v) is 18.4. The molecule has 26 heavy (non-hydrogen) atoms. The lowest BCUT2D eigenvalue weighted by Crippen LogP contribution is -2.52. The largest absolute Gasteiger partial charge is 0.348 e. The van der Waals surface area contributed by atoms with Crippen LogP contribution in [0.3, 0.4) is 0 Å². The first-order valence-electron chi connectivity index (χ1n) is 8.92. The molecule has 3 atom stereocenters. The summed E-state index contributed by atoms with van der Waals surface area (Å²) >= 11 is 3.29. The number of benzene rings is 1. The van der Waals surface area contributed by atoms with E-state index in [1.54, 1.807) is 12.1 Å². The molecule has 1 unspecified atom stereocenters. The molecule has 3 rings (SSSR count). The quantitative estimate of drug-likeness (QED) is 0.773. The second-order valence-electron chi connectivity index (χ2n) is 8.75. The second-order valence-corrected chi connectivity index (χ2v) is 11.7. The zero-order chi connectivity index (χ0) is 19.5. The summed E-state index contributed by atoms with van der Waals surface area (Å²) in [5, 5.41) is 3.22. The number of halogens is 1. The van der Waals surface area contributed by atoms with Crippen LogP contribution in [0.1, 0.15) is 50.4 Å². The van der Waals surface area contributed by atoms with Crippen LogP contribution in [0.25, 0.3) is 0 Å². The molecule has 7 heteroatoms. The van der Waals surface area contributed by atoms with Crippen LogP contribution < -0.4 is 5.32 Å². The Morgan fingerprint density at radius 1 is 1.27 bits per heavy atom. The minimum Gasteiger partial charge on any atom is -0.348 e. The van der Waals surface area contributed by atoms with E-state index in [0.717, 1.165) is 17.1 Å². The monoisotopic (exact) mass is 442 g/mol. The van der Waals surface area contributed by atoms with Crippen LogP contribution in [0, 0.1) is 16.7 Å². The van der Waals surface area contributed by atoms with Crippen molar-refractivity contribution in [2.75, 3.05) is 14.1 Å². The predicted octanol–water partition coefficient (Wildman–Crippen LogP) is 3.64. The van der Waals surface area contributed by atoms with Gasteiger partial charge in [0.15, 0.2) is 0 Å². The fourth-order valence-electron chi connectivity index (χ4n) is 4.92. The molecular weight excluding hydrogens is 416 g/mol. The van der Waals surface area contributed by atoms with Crippen molar-refractivity contribution in [3.8, 4) is 0 Å². The van der Waals surface area contributed by atoms with Gasteiger partial charge in [-0.25, -0.2) is 12.7 Å². The molecule has 5 nitrogen and oxygen atoms in total. The van der Waals surface area contributed by atoms with Gasteiger partial charge >= 0.3 is 0 Å². The minimum atomic E-state index is -3.63. The van der Waals surface area contributed by atoms with Gasteiger partial charge < -0.3 is 5.32 Å². The lowest BCUT2D eigenvalue weighted by atomic mass is 9.68. The standard InChI is InChI=1S/C19H27BrN2O3S/c1-18(2)13-8-9-19(3,11-13)17(18)21-16(23)12-6-7-14(20)15(10-12)26(24,25)22(4)5/h6-7,10,13,17H,8-9,11H2,1-5H3,(H,21,23)/t13-,17?,19+/m1/s1. The number of carbonyl (C=O) groups is 1. The van der Waals surface area contributed by atoms with Crippen molar-refractivity contribution in [1.29, 1.82) is 0 Å². The predicted molar refractivity (Wildman–Crippen MR) is 105 cm³/mol. The molecule has 2 aliphatic carbocycles. The molecule has 2 saturated carbocycles. The number of sulfonamides is 1. The molecular formula is C19H27BrN2O3S. The molecule has 2 fully saturated rings. The third-order valence-corrected chi connectivity index (χ3v) is 9.31. The minimum absolute atomic E-state index is 0.0521. The Balaban J connectivity index is 1.90. The van der Waals surface area contributed by atoms with E-state index in [-0.39, 0.29) is 27.7 Å². The number of amides is 1. The highest BCUT2D eigenvalue weighted by Gasteiger charge is 2.59. The molecule has 1 amide bonds. The Morgan fingerprint density at radius 3 is 2.46 bits per heavy atom. The smallest absolute Gasteiger partial charge is 0.251 e. The van der Waals surface area contributed by atoms with E-state index in [1.165, 1.54) is 26.6 Å². The van der Waals surface area contributed by atoms with Gasteiger partial charge in [-0.15, -0.1) is 0 Å². The van der Waals surface area contributed by atoms with E-state index in [9.17, 15) is 13.2 Å². The lowest BCUT2D eigenvalue weighted by molar-refractivity contribution is 0.0737. The van der Waals surface area contributed by atoms with Crippen molar-refractivity contribution in [3.05, 3.63) is 28.2 Å². The normalized spacial score (nSPS) is 30.0. The Bertz CT molecular complexity index is 846. The summed E-state index contributed by atoms with van der Waals surface area (Å²) < 4.78 is 26.6. The Kier molecular flexibility index (Phi) is 4.81. The van der Waals surface area contributed by atoms with Gasteiger partial charge in [-0.05, 0) is 70.1 Å². The van der Waals surface area contributed by atoms with Crippen molar-refractivity contribution in [3.63, 3.8) is 0 Å². The third-order valence-electron chi connectivity index (χ3n) is 6.50. The summed E-state index contributed by atoms with van der Waals surface area (Å²) in [4.78, 5) is 13.0. The van der Waals surface area contributed by atoms with Crippen LogP contribution in [-0.4, -0.2) is 38.8 Å². The first kappa shape index (κ1) is 19.8. The highest BCUT2D eigenvalue weighted by atomic mass is 79.9. The molecule has 0 saturated heterocycles. The summed E-state index contributed by atoms with van der Waals surface area (Å²) in [7, 11) is -0.669. The van der Waals surface area contributed by atoms with Crippen LogP contribution in [0.5, 0.6) is 0 Å². The number of rotatable bonds is 4. The van der Waals surface area contributed by atoms with Crippen molar-refractivity contribution < 1.29 is 13.2 Å². The molecule has 2 bridgehead atoms. The van der Waals surface area contributed by atoms with Crippen LogP contribution in [-0.2, 0) is 10.0 Å². The molecule has 1 aromatic carbocycles. The summed E-state index contributed by atoms with van der Waals surface area (Å²) in [5.41, 5.74) is 0.546. The molecule has 0 aliphatic heterocycles. The van der Waals surface area contributed by atoms with Gasteiger partial charge in [0.2, 0.25) is 10.0 Å². The first-order valence-corrected chi connectivity index (χ1v) is 11.2. The number of fused-ring (bicyclic) bond motifs is 2. The fraction of sp³-hybridized carbons (Fsp3) is 0.632. The number of carbonyl (C=O) groups excluding carboxylic acids is 1. The maximum absolute atomic E-state index is 12.9. The van der Waals surface area contributed by atoms with Crippen LogP contribution in [0.15, 0.2) is 27.6 Å². The third kappa shape index (κ3) is 3.02. The van der Waals surface area contributed by atoms with Crippen molar-refractivity contribution in [2.45, 2.75) is 51.0 Å². The molecule has 0 radical (unpaired) electrons. The van der Waals surface area contributed by atoms with Crippen LogP contribution in [0.2, 0.25) is 0 Å². The summed E-state index contributed by atoms with van der Waals surface area (Å²) in [6, 6.07) is 4.84. The van der Waals surface area contributed by atoms with E-state index < -0.39 is 10.0 Å². The number of nitrogens with one attached hydrogen (secondary N) is 1. The van der Waals surface area contributed by atoms with Crippen molar-refractivity contribution in [2.24, 2.45) is 16.7 Å². The maximum atomic E-state index is 12.9. The molecule has 0 heterocycles. The van der Waals surface area contributed by atoms with Crippen molar-refractivity contribution in [1.82, 2.24) is 9.62 Å². The summed E-state index contributed by atoms with van der Waals surface area (Å²) in [6.45, 7) is 6.73. The van der Waals surface area contributed by atoms with E-state index in [0.29, 0.717) is 16.0 Å². The number of hydrogen-bond donors (Lipinski definition) is 1. The van der Waals surface area contributed by atoms with Gasteiger partial charge in [0, 0.05) is 30.2 Å². The highest BCUT2D eigenvalue weighted by molar-refractivity contribution is 9.10. The van der Waals surface area contributed by atoms with E-state index in [2.05, 4.69) is 42.0 Å². The SMILES string of the molecule is CN(C)S(=O)(=O)c1cc(C(=O)NC2C(C)(C)[C@@H]3CC[C@@]2(C)C3)ccc1Br. The van der Waals surface area contributed by atoms with Gasteiger partial charge in [0.05, 0.1) is 4.90 Å². The number of hydrogen-bond acceptors (Lipinski definition) is 3. The average molecular weight is 443 g/mol. The Hall–Kier alpha value is -0.920. The van der Waals surface area contributed by atoms with Gasteiger partial charge in [-0.3, -0.25) is 4.79 Å². The Morgan fingerprint density at radius 2 is 1.92 bits per heavy atom. The van der Waals surface area contributed by atoms with Gasteiger partial charge in [0.25, 0.3) is 5.91 Å². The average Bonchev–Trinajstić information content (AvgIpc) is 3.02. The van der Waals surface area contributed by atoms with E-state index >= 15 is 0 Å². The van der Waals surface area contributed by atoms with E-state index in [4.69, 9.17) is 0 Å². The summed E-state index contributed by atoms with van der Waals surface area (Å²) in [6.07, 6.45) is 3.50. The topological polar surface area (TPSA) is 66.5 Å². The molecule has 144 valence electrons. The second kappa shape index (κ2) is 6.31. The fourth-order valence-corrected chi connectivity index (χ4v) is 6.76. The first-order chi connectivity index (χ1) is 11.9. The summed E-state index contributed by atoms with van der Waals surface area (Å²) in [5.74, 6) is 0.423. The molecule has 2 aliphatic rings. The Labute approximate surface area is 164 Å². The van der Waals surface area contributed by atoms with Crippen molar-refractivity contribution >= 4 is 31.9 Å². The van der Waals surface area contributed by atoms with Gasteiger partial charge in [0.1, 0.15) is 0 Å². The van der Waals surface area contributed by atoms with Crippen LogP contribution >= 0.6 is 15.9 Å². The molecule has 1 aromatic rings. The zero-order valence-electron chi connectivity index (χ0n) is 16.0. The maximum Gasteiger partial charge on any atom is 0.251 e. The van der Waals surface area contributed by atoms with Gasteiger partial charge in [-0.1, -0.05) is 20.8 Å². The van der Waals surface area contributed by atoms with E-state index in [1.807, 2.05) is 0 Å². The molecule has 0 aromatic heterocycles. The molecule has 1 N–H and O–H groups in total. The molecule has 0 spiro atoms. The van der Waals surface area contributed by atoms with Gasteiger partial charge in [-0.2, -0.15) is 0 Å². The van der Waals surface area contributed by atoms with Crippen LogP contribution in [0.4, 0.5) is 0 Å². The highest BCUT2D eigenvalue weighted by Crippen LogP contribution is 2.62. The number of nitrogens with zero attached hydrogens (tertiary/aromatic N) is 1.